The SMILES string of the molecule is COc1ccc(Br)cc1S(=O)(=O)Nc1cnc(Br)cn1. The molecule has 0 saturated carbocycles. The van der Waals surface area contributed by atoms with Crippen LogP contribution in [-0.4, -0.2) is 25.5 Å². The highest BCUT2D eigenvalue weighted by Crippen LogP contribution is 2.28. The van der Waals surface area contributed by atoms with E-state index in [1.165, 1.54) is 25.6 Å². The molecule has 0 saturated heterocycles. The molecule has 1 heterocycles. The minimum atomic E-state index is -3.81. The second kappa shape index (κ2) is 6.06. The van der Waals surface area contributed by atoms with Crippen molar-refractivity contribution in [2.24, 2.45) is 0 Å². The lowest BCUT2D eigenvalue weighted by molar-refractivity contribution is 0.403. The van der Waals surface area contributed by atoms with Crippen LogP contribution in [0, 0.1) is 0 Å². The average Bonchev–Trinajstić information content (AvgIpc) is 2.41. The maximum atomic E-state index is 12.3. The Kier molecular flexibility index (Phi) is 4.61. The topological polar surface area (TPSA) is 81.2 Å². The summed E-state index contributed by atoms with van der Waals surface area (Å²) < 4.78 is 33.2. The van der Waals surface area contributed by atoms with Gasteiger partial charge in [0.2, 0.25) is 0 Å². The molecule has 0 aliphatic rings. The van der Waals surface area contributed by atoms with Gasteiger partial charge in [-0.05, 0) is 34.1 Å². The molecule has 2 rings (SSSR count). The predicted octanol–water partition coefficient (Wildman–Crippen LogP) is 2.81. The number of methoxy groups -OCH3 is 1. The molecule has 0 bridgehead atoms. The molecule has 106 valence electrons. The third kappa shape index (κ3) is 3.47. The molecule has 1 N–H and O–H groups in total. The lowest BCUT2D eigenvalue weighted by Crippen LogP contribution is -2.15. The summed E-state index contributed by atoms with van der Waals surface area (Å²) >= 11 is 6.36. The van der Waals surface area contributed by atoms with Crippen LogP contribution in [0.25, 0.3) is 0 Å². The van der Waals surface area contributed by atoms with Gasteiger partial charge in [0.25, 0.3) is 10.0 Å². The second-order valence-electron chi connectivity index (χ2n) is 3.63. The molecule has 0 amide bonds. The van der Waals surface area contributed by atoms with Crippen LogP contribution in [0.3, 0.4) is 0 Å². The lowest BCUT2D eigenvalue weighted by atomic mass is 10.3. The van der Waals surface area contributed by atoms with Crippen LogP contribution in [0.15, 0.2) is 44.6 Å². The molecule has 0 atom stereocenters. The first-order valence-electron chi connectivity index (χ1n) is 5.26. The fraction of sp³-hybridized carbons (Fsp3) is 0.0909. The third-order valence-corrected chi connectivity index (χ3v) is 4.55. The number of anilines is 1. The molecule has 0 unspecified atom stereocenters. The second-order valence-corrected chi connectivity index (χ2v) is 7.00. The van der Waals surface area contributed by atoms with Crippen molar-refractivity contribution >= 4 is 47.7 Å². The number of hydrogen-bond acceptors (Lipinski definition) is 5. The molecule has 6 nitrogen and oxygen atoms in total. The van der Waals surface area contributed by atoms with Gasteiger partial charge in [-0.25, -0.2) is 18.4 Å². The molecule has 0 fully saturated rings. The van der Waals surface area contributed by atoms with Crippen LogP contribution in [0.4, 0.5) is 5.82 Å². The van der Waals surface area contributed by atoms with Gasteiger partial charge in [0.1, 0.15) is 15.2 Å². The van der Waals surface area contributed by atoms with Crippen LogP contribution < -0.4 is 9.46 Å². The first-order chi connectivity index (χ1) is 9.42. The molecule has 1 aromatic heterocycles. The minimum absolute atomic E-state index is 0.0130. The molecule has 0 radical (unpaired) electrons. The fourth-order valence-corrected chi connectivity index (χ4v) is 3.32. The smallest absolute Gasteiger partial charge is 0.266 e. The van der Waals surface area contributed by atoms with Gasteiger partial charge in [-0.1, -0.05) is 15.9 Å². The van der Waals surface area contributed by atoms with Gasteiger partial charge in [-0.15, -0.1) is 0 Å². The Morgan fingerprint density at radius 3 is 2.55 bits per heavy atom. The highest BCUT2D eigenvalue weighted by molar-refractivity contribution is 9.10. The third-order valence-electron chi connectivity index (χ3n) is 2.27. The van der Waals surface area contributed by atoms with E-state index in [2.05, 4.69) is 46.5 Å². The molecule has 1 aromatic carbocycles. The summed E-state index contributed by atoms with van der Waals surface area (Å²) in [5.74, 6) is 0.362. The largest absolute Gasteiger partial charge is 0.495 e. The number of aromatic nitrogens is 2. The van der Waals surface area contributed by atoms with Crippen LogP contribution in [0.1, 0.15) is 0 Å². The molecule has 0 aliphatic carbocycles. The molecular weight excluding hydrogens is 414 g/mol. The van der Waals surface area contributed by atoms with Crippen molar-refractivity contribution in [1.29, 1.82) is 0 Å². The summed E-state index contributed by atoms with van der Waals surface area (Å²) in [6, 6.07) is 4.71. The highest BCUT2D eigenvalue weighted by atomic mass is 79.9. The molecule has 0 spiro atoms. The van der Waals surface area contributed by atoms with Gasteiger partial charge in [0.15, 0.2) is 5.82 Å². The number of ether oxygens (including phenoxy) is 1. The summed E-state index contributed by atoms with van der Waals surface area (Å²) in [6.07, 6.45) is 2.71. The summed E-state index contributed by atoms with van der Waals surface area (Å²) in [4.78, 5) is 7.83. The Hall–Kier alpha value is -1.19. The zero-order valence-electron chi connectivity index (χ0n) is 10.2. The Bertz CT molecular complexity index is 720. The first-order valence-corrected chi connectivity index (χ1v) is 8.33. The average molecular weight is 423 g/mol. The number of hydrogen-bond donors (Lipinski definition) is 1. The normalized spacial score (nSPS) is 11.2. The van der Waals surface area contributed by atoms with Crippen molar-refractivity contribution < 1.29 is 13.2 Å². The maximum Gasteiger partial charge on any atom is 0.266 e. The van der Waals surface area contributed by atoms with Gasteiger partial charge in [-0.2, -0.15) is 0 Å². The molecule has 0 aliphatic heterocycles. The van der Waals surface area contributed by atoms with Gasteiger partial charge in [0, 0.05) is 4.47 Å². The number of rotatable bonds is 4. The number of nitrogens with zero attached hydrogens (tertiary/aromatic N) is 2. The van der Waals surface area contributed by atoms with E-state index in [4.69, 9.17) is 4.74 Å². The molecular formula is C11H9Br2N3O3S. The van der Waals surface area contributed by atoms with Crippen LogP contribution in [0.5, 0.6) is 5.75 Å². The molecule has 9 heteroatoms. The van der Waals surface area contributed by atoms with E-state index >= 15 is 0 Å². The van der Waals surface area contributed by atoms with Crippen molar-refractivity contribution in [2.75, 3.05) is 11.8 Å². The van der Waals surface area contributed by atoms with Crippen LogP contribution in [0.2, 0.25) is 0 Å². The maximum absolute atomic E-state index is 12.3. The van der Waals surface area contributed by atoms with E-state index in [1.54, 1.807) is 12.1 Å². The van der Waals surface area contributed by atoms with Gasteiger partial charge in [0.05, 0.1) is 19.5 Å². The van der Waals surface area contributed by atoms with Gasteiger partial charge < -0.3 is 4.74 Å². The quantitative estimate of drug-likeness (QED) is 0.819. The standard InChI is InChI=1S/C11H9Br2N3O3S/c1-19-8-3-2-7(12)4-9(8)20(17,18)16-11-6-14-10(13)5-15-11/h2-6H,1H3,(H,15,16). The van der Waals surface area contributed by atoms with E-state index < -0.39 is 10.0 Å². The van der Waals surface area contributed by atoms with Crippen molar-refractivity contribution in [2.45, 2.75) is 4.90 Å². The Balaban J connectivity index is 2.40. The Morgan fingerprint density at radius 2 is 1.95 bits per heavy atom. The zero-order valence-corrected chi connectivity index (χ0v) is 14.2. The van der Waals surface area contributed by atoms with E-state index in [9.17, 15) is 8.42 Å². The van der Waals surface area contributed by atoms with Crippen molar-refractivity contribution in [3.8, 4) is 5.75 Å². The Labute approximate surface area is 132 Å². The van der Waals surface area contributed by atoms with E-state index in [0.29, 0.717) is 9.08 Å². The first kappa shape index (κ1) is 15.2. The number of sulfonamides is 1. The lowest BCUT2D eigenvalue weighted by Gasteiger charge is -2.11. The monoisotopic (exact) mass is 421 g/mol. The highest BCUT2D eigenvalue weighted by Gasteiger charge is 2.20. The van der Waals surface area contributed by atoms with Crippen LogP contribution in [-0.2, 0) is 10.0 Å². The predicted molar refractivity (Wildman–Crippen MR) is 81.2 cm³/mol. The zero-order chi connectivity index (χ0) is 14.8. The number of benzene rings is 1. The summed E-state index contributed by atoms with van der Waals surface area (Å²) in [5.41, 5.74) is 0. The van der Waals surface area contributed by atoms with Crippen molar-refractivity contribution in [3.05, 3.63) is 39.7 Å². The summed E-state index contributed by atoms with van der Waals surface area (Å²) in [5, 5.41) is 0. The van der Waals surface area contributed by atoms with E-state index in [-0.39, 0.29) is 16.5 Å². The van der Waals surface area contributed by atoms with Crippen molar-refractivity contribution in [1.82, 2.24) is 9.97 Å². The van der Waals surface area contributed by atoms with Crippen LogP contribution >= 0.6 is 31.9 Å². The number of halogens is 2. The van der Waals surface area contributed by atoms with E-state index in [1.807, 2.05) is 0 Å². The molecule has 20 heavy (non-hydrogen) atoms. The molecule has 2 aromatic rings. The van der Waals surface area contributed by atoms with Gasteiger partial charge >= 0.3 is 0 Å². The Morgan fingerprint density at radius 1 is 1.20 bits per heavy atom. The van der Waals surface area contributed by atoms with Crippen molar-refractivity contribution in [3.63, 3.8) is 0 Å². The summed E-state index contributed by atoms with van der Waals surface area (Å²) in [7, 11) is -2.41. The number of nitrogens with one attached hydrogen (secondary N) is 1. The fourth-order valence-electron chi connectivity index (χ4n) is 1.42. The van der Waals surface area contributed by atoms with Gasteiger partial charge in [-0.3, -0.25) is 4.72 Å². The van der Waals surface area contributed by atoms with E-state index in [0.717, 1.165) is 0 Å². The summed E-state index contributed by atoms with van der Waals surface area (Å²) in [6.45, 7) is 0. The minimum Gasteiger partial charge on any atom is -0.495 e.